The largest absolute Gasteiger partial charge is 0.497 e. The number of ether oxygens (including phenoxy) is 2. The average Bonchev–Trinajstić information content (AvgIpc) is 3.28. The van der Waals surface area contributed by atoms with Crippen LogP contribution in [0.3, 0.4) is 0 Å². The number of halogens is 1. The number of benzene rings is 2. The molecule has 2 heterocycles. The van der Waals surface area contributed by atoms with E-state index in [9.17, 15) is 13.2 Å². The summed E-state index contributed by atoms with van der Waals surface area (Å²) in [7, 11) is -2.31. The molecule has 1 fully saturated rings. The van der Waals surface area contributed by atoms with E-state index in [2.05, 4.69) is 14.9 Å². The van der Waals surface area contributed by atoms with Crippen LogP contribution in [0.4, 0.5) is 5.69 Å². The minimum Gasteiger partial charge on any atom is -0.497 e. The molecule has 4 rings (SSSR count). The van der Waals surface area contributed by atoms with Crippen molar-refractivity contribution in [1.29, 1.82) is 0 Å². The van der Waals surface area contributed by atoms with E-state index in [-0.39, 0.29) is 40.8 Å². The number of nitrogens with zero attached hydrogens (tertiary/aromatic N) is 1. The number of anilines is 1. The van der Waals surface area contributed by atoms with Gasteiger partial charge in [-0.25, -0.2) is 13.1 Å². The van der Waals surface area contributed by atoms with E-state index in [1.807, 2.05) is 24.3 Å². The van der Waals surface area contributed by atoms with Crippen molar-refractivity contribution in [2.75, 3.05) is 38.7 Å². The Labute approximate surface area is 186 Å². The molecule has 2 aliphatic rings. The van der Waals surface area contributed by atoms with Crippen molar-refractivity contribution in [2.45, 2.75) is 23.8 Å². The highest BCUT2D eigenvalue weighted by molar-refractivity contribution is 7.89. The van der Waals surface area contributed by atoms with E-state index in [0.717, 1.165) is 37.2 Å². The lowest BCUT2D eigenvalue weighted by molar-refractivity contribution is -0.118. The summed E-state index contributed by atoms with van der Waals surface area (Å²) in [5.41, 5.74) is 1.33. The topological polar surface area (TPSA) is 97.0 Å². The second-order valence-corrected chi connectivity index (χ2v) is 9.65. The highest BCUT2D eigenvalue weighted by atomic mass is 35.5. The van der Waals surface area contributed by atoms with Crippen LogP contribution in [0.5, 0.6) is 11.5 Å². The van der Waals surface area contributed by atoms with Crippen molar-refractivity contribution in [3.63, 3.8) is 0 Å². The Bertz CT molecular complexity index is 1090. The summed E-state index contributed by atoms with van der Waals surface area (Å²) >= 11 is 6.24. The fourth-order valence-corrected chi connectivity index (χ4v) is 5.49. The van der Waals surface area contributed by atoms with Crippen LogP contribution in [0, 0.1) is 0 Å². The molecule has 0 saturated carbocycles. The van der Waals surface area contributed by atoms with E-state index < -0.39 is 10.0 Å². The van der Waals surface area contributed by atoms with Crippen LogP contribution in [0.25, 0.3) is 0 Å². The molecule has 1 unspecified atom stereocenters. The Kier molecular flexibility index (Phi) is 6.38. The van der Waals surface area contributed by atoms with Crippen molar-refractivity contribution in [2.24, 2.45) is 0 Å². The second-order valence-electron chi connectivity index (χ2n) is 7.50. The first-order valence-corrected chi connectivity index (χ1v) is 11.9. The number of amides is 1. The third kappa shape index (κ3) is 4.79. The van der Waals surface area contributed by atoms with Crippen molar-refractivity contribution in [3.05, 3.63) is 47.0 Å². The molecule has 2 aromatic rings. The number of methoxy groups -OCH3 is 1. The highest BCUT2D eigenvalue weighted by Crippen LogP contribution is 2.36. The zero-order chi connectivity index (χ0) is 22.0. The zero-order valence-corrected chi connectivity index (χ0v) is 18.6. The van der Waals surface area contributed by atoms with Gasteiger partial charge in [0.2, 0.25) is 10.0 Å². The van der Waals surface area contributed by atoms with Gasteiger partial charge in [0.15, 0.2) is 6.61 Å². The molecule has 0 radical (unpaired) electrons. The van der Waals surface area contributed by atoms with Gasteiger partial charge in [0.25, 0.3) is 5.91 Å². The maximum atomic E-state index is 13.1. The predicted octanol–water partition coefficient (Wildman–Crippen LogP) is 2.79. The number of sulfonamides is 1. The van der Waals surface area contributed by atoms with Crippen LogP contribution in [0.15, 0.2) is 41.3 Å². The Morgan fingerprint density at radius 2 is 2.03 bits per heavy atom. The van der Waals surface area contributed by atoms with Crippen LogP contribution < -0.4 is 19.5 Å². The van der Waals surface area contributed by atoms with E-state index in [0.29, 0.717) is 5.69 Å². The molecular formula is C21H24ClN3O5S. The predicted molar refractivity (Wildman–Crippen MR) is 117 cm³/mol. The number of nitrogens with one attached hydrogen (secondary N) is 2. The first-order valence-electron chi connectivity index (χ1n) is 10.0. The SMILES string of the molecule is COc1cccc(C(CNS(=O)(=O)c2cc3c(cc2Cl)NC(=O)CO3)N2CCCC2)c1. The van der Waals surface area contributed by atoms with Crippen LogP contribution in [0.1, 0.15) is 24.4 Å². The molecule has 1 saturated heterocycles. The van der Waals surface area contributed by atoms with Gasteiger partial charge < -0.3 is 14.8 Å². The van der Waals surface area contributed by atoms with Gasteiger partial charge in [0, 0.05) is 18.7 Å². The number of hydrogen-bond acceptors (Lipinski definition) is 6. The van der Waals surface area contributed by atoms with E-state index in [1.54, 1.807) is 7.11 Å². The fourth-order valence-electron chi connectivity index (χ4n) is 3.91. The summed E-state index contributed by atoms with van der Waals surface area (Å²) < 4.78 is 39.6. The minimum atomic E-state index is -3.92. The van der Waals surface area contributed by atoms with Gasteiger partial charge in [-0.05, 0) is 49.7 Å². The molecule has 2 aliphatic heterocycles. The van der Waals surface area contributed by atoms with Crippen molar-refractivity contribution < 1.29 is 22.7 Å². The molecule has 1 amide bonds. The number of likely N-dealkylation sites (tertiary alicyclic amines) is 1. The standard InChI is InChI=1S/C21H24ClN3O5S/c1-29-15-6-4-5-14(9-15)18(25-7-2-3-8-25)12-23-31(27,28)20-11-19-17(10-16(20)22)24-21(26)13-30-19/h4-6,9-11,18,23H,2-3,7-8,12-13H2,1H3,(H,24,26). The molecule has 0 spiro atoms. The van der Waals surface area contributed by atoms with Gasteiger partial charge in [-0.2, -0.15) is 0 Å². The molecule has 1 atom stereocenters. The lowest BCUT2D eigenvalue weighted by atomic mass is 10.1. The van der Waals surface area contributed by atoms with Crippen molar-refractivity contribution >= 4 is 33.2 Å². The number of carbonyl (C=O) groups is 1. The Morgan fingerprint density at radius 1 is 1.26 bits per heavy atom. The number of fused-ring (bicyclic) bond motifs is 1. The van der Waals surface area contributed by atoms with Gasteiger partial charge in [-0.3, -0.25) is 9.69 Å². The number of rotatable bonds is 7. The molecule has 8 nitrogen and oxygen atoms in total. The minimum absolute atomic E-state index is 0.0103. The summed E-state index contributed by atoms with van der Waals surface area (Å²) in [5.74, 6) is 0.679. The molecule has 2 aromatic carbocycles. The molecule has 166 valence electrons. The van der Waals surface area contributed by atoms with E-state index >= 15 is 0 Å². The molecule has 2 N–H and O–H groups in total. The third-order valence-electron chi connectivity index (χ3n) is 5.48. The number of hydrogen-bond donors (Lipinski definition) is 2. The van der Waals surface area contributed by atoms with Gasteiger partial charge in [-0.15, -0.1) is 0 Å². The average molecular weight is 466 g/mol. The lowest BCUT2D eigenvalue weighted by Gasteiger charge is -2.28. The summed E-state index contributed by atoms with van der Waals surface area (Å²) in [4.78, 5) is 13.7. The van der Waals surface area contributed by atoms with Gasteiger partial charge in [-0.1, -0.05) is 23.7 Å². The normalized spacial score (nSPS) is 17.5. The van der Waals surface area contributed by atoms with Gasteiger partial charge in [0.1, 0.15) is 16.4 Å². The molecule has 0 aliphatic carbocycles. The molecule has 10 heteroatoms. The first kappa shape index (κ1) is 21.9. The fraction of sp³-hybridized carbons (Fsp3) is 0.381. The maximum Gasteiger partial charge on any atom is 0.262 e. The van der Waals surface area contributed by atoms with Gasteiger partial charge in [0.05, 0.1) is 17.8 Å². The Morgan fingerprint density at radius 3 is 2.77 bits per heavy atom. The summed E-state index contributed by atoms with van der Waals surface area (Å²) in [6.07, 6.45) is 2.15. The van der Waals surface area contributed by atoms with Crippen LogP contribution >= 0.6 is 11.6 Å². The monoisotopic (exact) mass is 465 g/mol. The smallest absolute Gasteiger partial charge is 0.262 e. The summed E-state index contributed by atoms with van der Waals surface area (Å²) in [6, 6.07) is 10.3. The maximum absolute atomic E-state index is 13.1. The molecule has 0 aromatic heterocycles. The first-order chi connectivity index (χ1) is 14.9. The van der Waals surface area contributed by atoms with Crippen LogP contribution in [0.2, 0.25) is 5.02 Å². The summed E-state index contributed by atoms with van der Waals surface area (Å²) in [6.45, 7) is 1.81. The van der Waals surface area contributed by atoms with Crippen LogP contribution in [-0.4, -0.2) is 52.6 Å². The Balaban J connectivity index is 1.58. The zero-order valence-electron chi connectivity index (χ0n) is 17.1. The Hall–Kier alpha value is -2.33. The number of carbonyl (C=O) groups excluding carboxylic acids is 1. The lowest BCUT2D eigenvalue weighted by Crippen LogP contribution is -2.37. The van der Waals surface area contributed by atoms with Crippen molar-refractivity contribution in [3.8, 4) is 11.5 Å². The van der Waals surface area contributed by atoms with Crippen LogP contribution in [-0.2, 0) is 14.8 Å². The molecule has 31 heavy (non-hydrogen) atoms. The van der Waals surface area contributed by atoms with E-state index in [1.165, 1.54) is 12.1 Å². The molecular weight excluding hydrogens is 442 g/mol. The molecule has 0 bridgehead atoms. The second kappa shape index (κ2) is 9.04. The third-order valence-corrected chi connectivity index (χ3v) is 7.37. The summed E-state index contributed by atoms with van der Waals surface area (Å²) in [5, 5.41) is 2.63. The van der Waals surface area contributed by atoms with Gasteiger partial charge >= 0.3 is 0 Å². The van der Waals surface area contributed by atoms with Crippen molar-refractivity contribution in [1.82, 2.24) is 9.62 Å². The highest BCUT2D eigenvalue weighted by Gasteiger charge is 2.28. The quantitative estimate of drug-likeness (QED) is 0.652. The van der Waals surface area contributed by atoms with E-state index in [4.69, 9.17) is 21.1 Å².